The van der Waals surface area contributed by atoms with Gasteiger partial charge in [-0.15, -0.1) is 11.8 Å². The summed E-state index contributed by atoms with van der Waals surface area (Å²) in [5.74, 6) is 0.269. The molecule has 0 aliphatic rings. The minimum atomic E-state index is -0.688. The van der Waals surface area contributed by atoms with E-state index in [0.29, 0.717) is 22.5 Å². The molecule has 0 unspecified atom stereocenters. The number of esters is 1. The molecule has 0 aliphatic carbocycles. The molecule has 122 valence electrons. The average molecular weight is 335 g/mol. The Labute approximate surface area is 136 Å². The molecule has 1 aromatic carbocycles. The monoisotopic (exact) mass is 335 g/mol. The fourth-order valence-electron chi connectivity index (χ4n) is 1.96. The fourth-order valence-corrected chi connectivity index (χ4v) is 2.66. The standard InChI is InChI=1S/C15H17N3O4S/c1-9(15(21)22-2)16-13(19)8-23-7-12-17-11-6-4-3-5-10(11)14(20)18-12/h3-6,9H,7-8H2,1-2H3,(H,16,19)(H,17,18,20)/t9-/m1/s1. The second kappa shape index (κ2) is 7.77. The second-order valence-corrected chi connectivity index (χ2v) is 5.82. The zero-order valence-electron chi connectivity index (χ0n) is 12.8. The van der Waals surface area contributed by atoms with Crippen LogP contribution in [0.2, 0.25) is 0 Å². The summed E-state index contributed by atoms with van der Waals surface area (Å²) in [4.78, 5) is 41.9. The van der Waals surface area contributed by atoms with Gasteiger partial charge in [0.25, 0.3) is 5.56 Å². The first kappa shape index (κ1) is 17.0. The molecule has 2 N–H and O–H groups in total. The Morgan fingerprint density at radius 1 is 1.39 bits per heavy atom. The van der Waals surface area contributed by atoms with Crippen molar-refractivity contribution in [2.45, 2.75) is 18.7 Å². The number of nitrogens with zero attached hydrogens (tertiary/aromatic N) is 1. The SMILES string of the molecule is COC(=O)[C@@H](C)NC(=O)CSCc1nc2ccccc2c(=O)[nH]1. The molecule has 2 aromatic rings. The van der Waals surface area contributed by atoms with Crippen molar-refractivity contribution in [1.29, 1.82) is 0 Å². The van der Waals surface area contributed by atoms with Crippen LogP contribution in [0.1, 0.15) is 12.7 Å². The van der Waals surface area contributed by atoms with Crippen LogP contribution in [0.5, 0.6) is 0 Å². The lowest BCUT2D eigenvalue weighted by molar-refractivity contribution is -0.144. The number of hydrogen-bond donors (Lipinski definition) is 2. The molecule has 0 fully saturated rings. The zero-order chi connectivity index (χ0) is 16.8. The Balaban J connectivity index is 1.90. The molecule has 0 radical (unpaired) electrons. The molecule has 2 rings (SSSR count). The van der Waals surface area contributed by atoms with Crippen LogP contribution < -0.4 is 10.9 Å². The number of H-pyrrole nitrogens is 1. The molecular formula is C15H17N3O4S. The van der Waals surface area contributed by atoms with E-state index in [1.165, 1.54) is 18.9 Å². The van der Waals surface area contributed by atoms with Crippen molar-refractivity contribution >= 4 is 34.5 Å². The Morgan fingerprint density at radius 3 is 2.87 bits per heavy atom. The van der Waals surface area contributed by atoms with E-state index in [2.05, 4.69) is 20.0 Å². The van der Waals surface area contributed by atoms with Gasteiger partial charge in [-0.05, 0) is 19.1 Å². The Kier molecular flexibility index (Phi) is 5.75. The number of para-hydroxylation sites is 1. The van der Waals surface area contributed by atoms with Crippen LogP contribution in [-0.2, 0) is 20.1 Å². The van der Waals surface area contributed by atoms with Crippen molar-refractivity contribution in [2.75, 3.05) is 12.9 Å². The Morgan fingerprint density at radius 2 is 2.13 bits per heavy atom. The van der Waals surface area contributed by atoms with Crippen LogP contribution in [-0.4, -0.2) is 40.7 Å². The quantitative estimate of drug-likeness (QED) is 0.759. The molecule has 0 spiro atoms. The van der Waals surface area contributed by atoms with Crippen LogP contribution in [0.3, 0.4) is 0 Å². The number of carbonyl (C=O) groups is 2. The number of ether oxygens (including phenoxy) is 1. The number of benzene rings is 1. The highest BCUT2D eigenvalue weighted by Gasteiger charge is 2.15. The van der Waals surface area contributed by atoms with Crippen LogP contribution >= 0.6 is 11.8 Å². The first-order valence-corrected chi connectivity index (χ1v) is 8.09. The maximum atomic E-state index is 11.9. The number of rotatable bonds is 6. The molecule has 7 nitrogen and oxygen atoms in total. The Bertz CT molecular complexity index is 775. The van der Waals surface area contributed by atoms with Crippen molar-refractivity contribution in [1.82, 2.24) is 15.3 Å². The van der Waals surface area contributed by atoms with Gasteiger partial charge >= 0.3 is 5.97 Å². The van der Waals surface area contributed by atoms with Gasteiger partial charge in [-0.25, -0.2) is 9.78 Å². The molecule has 1 amide bonds. The highest BCUT2D eigenvalue weighted by molar-refractivity contribution is 7.99. The number of hydrogen-bond acceptors (Lipinski definition) is 6. The van der Waals surface area contributed by atoms with Gasteiger partial charge in [0.15, 0.2) is 0 Å². The van der Waals surface area contributed by atoms with E-state index in [1.54, 1.807) is 25.1 Å². The van der Waals surface area contributed by atoms with Crippen LogP contribution in [0.15, 0.2) is 29.1 Å². The summed E-state index contributed by atoms with van der Waals surface area (Å²) in [5.41, 5.74) is 0.422. The van der Waals surface area contributed by atoms with Gasteiger partial charge in [-0.1, -0.05) is 12.1 Å². The molecule has 0 saturated carbocycles. The number of nitrogens with one attached hydrogen (secondary N) is 2. The molecule has 0 saturated heterocycles. The predicted molar refractivity (Wildman–Crippen MR) is 88.1 cm³/mol. The van der Waals surface area contributed by atoms with Crippen molar-refractivity contribution in [3.8, 4) is 0 Å². The third-order valence-electron chi connectivity index (χ3n) is 3.07. The molecule has 0 aliphatic heterocycles. The van der Waals surface area contributed by atoms with E-state index in [1.807, 2.05) is 6.07 Å². The second-order valence-electron chi connectivity index (χ2n) is 4.83. The first-order chi connectivity index (χ1) is 11.0. The lowest BCUT2D eigenvalue weighted by atomic mass is 10.2. The molecule has 1 atom stereocenters. The van der Waals surface area contributed by atoms with Gasteiger partial charge in [-0.3, -0.25) is 9.59 Å². The summed E-state index contributed by atoms with van der Waals surface area (Å²) in [5, 5.41) is 3.06. The number of fused-ring (bicyclic) bond motifs is 1. The summed E-state index contributed by atoms with van der Waals surface area (Å²) < 4.78 is 4.53. The van der Waals surface area contributed by atoms with Crippen molar-refractivity contribution in [3.63, 3.8) is 0 Å². The van der Waals surface area contributed by atoms with Gasteiger partial charge in [0.2, 0.25) is 5.91 Å². The third kappa shape index (κ3) is 4.56. The minimum Gasteiger partial charge on any atom is -0.467 e. The highest BCUT2D eigenvalue weighted by atomic mass is 32.2. The zero-order valence-corrected chi connectivity index (χ0v) is 13.6. The van der Waals surface area contributed by atoms with Crippen LogP contribution in [0.4, 0.5) is 0 Å². The summed E-state index contributed by atoms with van der Waals surface area (Å²) in [7, 11) is 1.27. The molecular weight excluding hydrogens is 318 g/mol. The maximum Gasteiger partial charge on any atom is 0.328 e. The molecule has 1 heterocycles. The van der Waals surface area contributed by atoms with Gasteiger partial charge in [-0.2, -0.15) is 0 Å². The van der Waals surface area contributed by atoms with Crippen LogP contribution in [0.25, 0.3) is 10.9 Å². The number of carbonyl (C=O) groups excluding carboxylic acids is 2. The topological polar surface area (TPSA) is 101 Å². The van der Waals surface area contributed by atoms with Crippen molar-refractivity contribution in [2.24, 2.45) is 0 Å². The first-order valence-electron chi connectivity index (χ1n) is 6.94. The predicted octanol–water partition coefficient (Wildman–Crippen LogP) is 0.834. The normalized spacial score (nSPS) is 11.9. The summed E-state index contributed by atoms with van der Waals surface area (Å²) in [6.07, 6.45) is 0. The molecule has 0 bridgehead atoms. The fraction of sp³-hybridized carbons (Fsp3) is 0.333. The smallest absolute Gasteiger partial charge is 0.328 e. The number of amides is 1. The van der Waals surface area contributed by atoms with E-state index in [4.69, 9.17) is 0 Å². The van der Waals surface area contributed by atoms with Crippen molar-refractivity contribution < 1.29 is 14.3 Å². The van der Waals surface area contributed by atoms with Gasteiger partial charge in [0.1, 0.15) is 11.9 Å². The molecule has 23 heavy (non-hydrogen) atoms. The number of thioether (sulfide) groups is 1. The minimum absolute atomic E-state index is 0.151. The largest absolute Gasteiger partial charge is 0.467 e. The number of methoxy groups -OCH3 is 1. The van der Waals surface area contributed by atoms with Gasteiger partial charge < -0.3 is 15.0 Å². The lowest BCUT2D eigenvalue weighted by Gasteiger charge is -2.11. The van der Waals surface area contributed by atoms with E-state index >= 15 is 0 Å². The van der Waals surface area contributed by atoms with E-state index in [9.17, 15) is 14.4 Å². The van der Waals surface area contributed by atoms with E-state index in [-0.39, 0.29) is 17.2 Å². The van der Waals surface area contributed by atoms with Crippen LogP contribution in [0, 0.1) is 0 Å². The molecule has 8 heteroatoms. The number of aromatic nitrogens is 2. The summed E-state index contributed by atoms with van der Waals surface area (Å²) in [6.45, 7) is 1.55. The lowest BCUT2D eigenvalue weighted by Crippen LogP contribution is -2.40. The summed E-state index contributed by atoms with van der Waals surface area (Å²) >= 11 is 1.30. The van der Waals surface area contributed by atoms with Crippen molar-refractivity contribution in [3.05, 3.63) is 40.4 Å². The molecule has 1 aromatic heterocycles. The third-order valence-corrected chi connectivity index (χ3v) is 4.01. The maximum absolute atomic E-state index is 11.9. The van der Waals surface area contributed by atoms with E-state index in [0.717, 1.165) is 0 Å². The highest BCUT2D eigenvalue weighted by Crippen LogP contribution is 2.11. The van der Waals surface area contributed by atoms with Gasteiger partial charge in [0, 0.05) is 0 Å². The summed E-state index contributed by atoms with van der Waals surface area (Å²) in [6, 6.07) is 6.38. The average Bonchev–Trinajstić information content (AvgIpc) is 2.54. The Hall–Kier alpha value is -2.35. The van der Waals surface area contributed by atoms with Gasteiger partial charge in [0.05, 0.1) is 29.5 Å². The number of aromatic amines is 1. The van der Waals surface area contributed by atoms with E-state index < -0.39 is 12.0 Å².